The van der Waals surface area contributed by atoms with E-state index in [1.54, 1.807) is 19.1 Å². The number of nitrogens with one attached hydrogen (secondary N) is 1. The SMILES string of the molecule is CC(CC(N)=O)NC(=O)c1cc(Br)cc(Br)c1. The summed E-state index contributed by atoms with van der Waals surface area (Å²) in [6.07, 6.45) is 0.126. The quantitative estimate of drug-likeness (QED) is 0.860. The second-order valence-electron chi connectivity index (χ2n) is 3.70. The highest BCUT2D eigenvalue weighted by Gasteiger charge is 2.12. The maximum atomic E-state index is 11.8. The molecule has 1 atom stereocenters. The van der Waals surface area contributed by atoms with Crippen LogP contribution in [0.25, 0.3) is 0 Å². The summed E-state index contributed by atoms with van der Waals surface area (Å²) < 4.78 is 1.61. The molecule has 0 fully saturated rings. The van der Waals surface area contributed by atoms with E-state index in [9.17, 15) is 9.59 Å². The lowest BCUT2D eigenvalue weighted by molar-refractivity contribution is -0.118. The molecule has 0 aliphatic carbocycles. The van der Waals surface area contributed by atoms with Gasteiger partial charge in [-0.05, 0) is 25.1 Å². The van der Waals surface area contributed by atoms with Gasteiger partial charge in [-0.25, -0.2) is 0 Å². The normalized spacial score (nSPS) is 11.9. The minimum atomic E-state index is -0.437. The van der Waals surface area contributed by atoms with Gasteiger partial charge in [0.25, 0.3) is 5.91 Å². The standard InChI is InChI=1S/C11H12Br2N2O2/c1-6(2-10(14)16)15-11(17)7-3-8(12)5-9(13)4-7/h3-6H,2H2,1H3,(H2,14,16)(H,15,17). The third kappa shape index (κ3) is 4.87. The van der Waals surface area contributed by atoms with Crippen molar-refractivity contribution in [3.05, 3.63) is 32.7 Å². The van der Waals surface area contributed by atoms with Crippen LogP contribution in [-0.2, 0) is 4.79 Å². The number of halogens is 2. The molecule has 0 saturated carbocycles. The number of nitrogens with two attached hydrogens (primary N) is 1. The highest BCUT2D eigenvalue weighted by atomic mass is 79.9. The summed E-state index contributed by atoms with van der Waals surface area (Å²) in [7, 11) is 0. The Labute approximate surface area is 116 Å². The molecule has 2 amide bonds. The number of carbonyl (C=O) groups excluding carboxylic acids is 2. The average Bonchev–Trinajstić information content (AvgIpc) is 2.14. The predicted octanol–water partition coefficient (Wildman–Crippen LogP) is 2.21. The molecule has 1 rings (SSSR count). The molecule has 0 radical (unpaired) electrons. The summed E-state index contributed by atoms with van der Waals surface area (Å²) in [6, 6.07) is 4.97. The van der Waals surface area contributed by atoms with Gasteiger partial charge in [0.1, 0.15) is 0 Å². The Hall–Kier alpha value is -0.880. The van der Waals surface area contributed by atoms with Crippen molar-refractivity contribution in [2.45, 2.75) is 19.4 Å². The van der Waals surface area contributed by atoms with Gasteiger partial charge in [-0.3, -0.25) is 9.59 Å². The number of hydrogen-bond donors (Lipinski definition) is 2. The number of amides is 2. The van der Waals surface area contributed by atoms with Gasteiger partial charge in [0.05, 0.1) is 0 Å². The van der Waals surface area contributed by atoms with Crippen LogP contribution in [0.3, 0.4) is 0 Å². The first kappa shape index (κ1) is 14.2. The lowest BCUT2D eigenvalue weighted by Gasteiger charge is -2.12. The molecule has 0 aliphatic rings. The number of primary amides is 1. The van der Waals surface area contributed by atoms with Gasteiger partial charge >= 0.3 is 0 Å². The Balaban J connectivity index is 2.72. The second-order valence-corrected chi connectivity index (χ2v) is 5.53. The summed E-state index contributed by atoms with van der Waals surface area (Å²) >= 11 is 6.61. The molecule has 1 aromatic carbocycles. The molecule has 0 saturated heterocycles. The molecule has 0 bridgehead atoms. The zero-order valence-electron chi connectivity index (χ0n) is 9.17. The smallest absolute Gasteiger partial charge is 0.251 e. The van der Waals surface area contributed by atoms with Gasteiger partial charge in [-0.1, -0.05) is 31.9 Å². The number of benzene rings is 1. The van der Waals surface area contributed by atoms with Crippen LogP contribution in [0.5, 0.6) is 0 Å². The van der Waals surface area contributed by atoms with Crippen LogP contribution in [-0.4, -0.2) is 17.9 Å². The van der Waals surface area contributed by atoms with Crippen molar-refractivity contribution in [1.82, 2.24) is 5.32 Å². The molecule has 17 heavy (non-hydrogen) atoms. The van der Waals surface area contributed by atoms with E-state index in [-0.39, 0.29) is 18.4 Å². The number of rotatable bonds is 4. The highest BCUT2D eigenvalue weighted by molar-refractivity contribution is 9.11. The van der Waals surface area contributed by atoms with Gasteiger partial charge in [-0.2, -0.15) is 0 Å². The molecule has 4 nitrogen and oxygen atoms in total. The zero-order valence-corrected chi connectivity index (χ0v) is 12.3. The summed E-state index contributed by atoms with van der Waals surface area (Å²) in [5.41, 5.74) is 5.57. The molecule has 0 spiro atoms. The summed E-state index contributed by atoms with van der Waals surface area (Å²) in [5, 5.41) is 2.70. The summed E-state index contributed by atoms with van der Waals surface area (Å²) in [6.45, 7) is 1.73. The van der Waals surface area contributed by atoms with E-state index in [0.29, 0.717) is 5.56 Å². The van der Waals surface area contributed by atoms with Crippen LogP contribution in [0.1, 0.15) is 23.7 Å². The van der Waals surface area contributed by atoms with E-state index in [0.717, 1.165) is 8.95 Å². The van der Waals surface area contributed by atoms with Gasteiger partial charge in [0, 0.05) is 27.0 Å². The Bertz CT molecular complexity index is 429. The molecular formula is C11H12Br2N2O2. The lowest BCUT2D eigenvalue weighted by Crippen LogP contribution is -2.35. The Kier molecular flexibility index (Phi) is 5.14. The van der Waals surface area contributed by atoms with Crippen molar-refractivity contribution in [2.75, 3.05) is 0 Å². The van der Waals surface area contributed by atoms with Crippen molar-refractivity contribution in [3.8, 4) is 0 Å². The van der Waals surface area contributed by atoms with Crippen LogP contribution in [0.15, 0.2) is 27.1 Å². The molecular weight excluding hydrogens is 352 g/mol. The maximum Gasteiger partial charge on any atom is 0.251 e. The van der Waals surface area contributed by atoms with Crippen molar-refractivity contribution in [1.29, 1.82) is 0 Å². The number of carbonyl (C=O) groups is 2. The van der Waals surface area contributed by atoms with Crippen molar-refractivity contribution in [3.63, 3.8) is 0 Å². The van der Waals surface area contributed by atoms with Crippen LogP contribution >= 0.6 is 31.9 Å². The molecule has 0 aliphatic heterocycles. The second kappa shape index (κ2) is 6.16. The molecule has 0 aromatic heterocycles. The van der Waals surface area contributed by atoms with E-state index in [1.165, 1.54) is 0 Å². The molecule has 0 heterocycles. The first-order chi connectivity index (χ1) is 7.88. The third-order valence-electron chi connectivity index (χ3n) is 2.01. The molecule has 6 heteroatoms. The van der Waals surface area contributed by atoms with Gasteiger partial charge in [-0.15, -0.1) is 0 Å². The van der Waals surface area contributed by atoms with Gasteiger partial charge < -0.3 is 11.1 Å². The maximum absolute atomic E-state index is 11.8. The van der Waals surface area contributed by atoms with Crippen molar-refractivity contribution in [2.24, 2.45) is 5.73 Å². The van der Waals surface area contributed by atoms with E-state index < -0.39 is 5.91 Å². The fourth-order valence-electron chi connectivity index (χ4n) is 1.34. The lowest BCUT2D eigenvalue weighted by atomic mass is 10.2. The Morgan fingerprint density at radius 2 is 1.82 bits per heavy atom. The molecule has 1 unspecified atom stereocenters. The van der Waals surface area contributed by atoms with E-state index in [1.807, 2.05) is 6.07 Å². The van der Waals surface area contributed by atoms with Crippen LogP contribution in [0, 0.1) is 0 Å². The topological polar surface area (TPSA) is 72.2 Å². The van der Waals surface area contributed by atoms with E-state index in [4.69, 9.17) is 5.73 Å². The summed E-state index contributed by atoms with van der Waals surface area (Å²) in [4.78, 5) is 22.5. The van der Waals surface area contributed by atoms with Crippen LogP contribution in [0.4, 0.5) is 0 Å². The highest BCUT2D eigenvalue weighted by Crippen LogP contribution is 2.20. The Morgan fingerprint density at radius 3 is 2.29 bits per heavy atom. The van der Waals surface area contributed by atoms with Crippen molar-refractivity contribution < 1.29 is 9.59 Å². The molecule has 92 valence electrons. The van der Waals surface area contributed by atoms with Crippen molar-refractivity contribution >= 4 is 43.7 Å². The monoisotopic (exact) mass is 362 g/mol. The largest absolute Gasteiger partial charge is 0.370 e. The van der Waals surface area contributed by atoms with Crippen LogP contribution < -0.4 is 11.1 Å². The first-order valence-corrected chi connectivity index (χ1v) is 6.52. The third-order valence-corrected chi connectivity index (χ3v) is 2.93. The van der Waals surface area contributed by atoms with E-state index >= 15 is 0 Å². The van der Waals surface area contributed by atoms with Gasteiger partial charge in [0.2, 0.25) is 5.91 Å². The summed E-state index contributed by atoms with van der Waals surface area (Å²) in [5.74, 6) is -0.672. The molecule has 1 aromatic rings. The first-order valence-electron chi connectivity index (χ1n) is 4.93. The minimum Gasteiger partial charge on any atom is -0.370 e. The number of hydrogen-bond acceptors (Lipinski definition) is 2. The van der Waals surface area contributed by atoms with Gasteiger partial charge in [0.15, 0.2) is 0 Å². The molecule has 3 N–H and O–H groups in total. The predicted molar refractivity (Wildman–Crippen MR) is 72.6 cm³/mol. The Morgan fingerprint density at radius 1 is 1.29 bits per heavy atom. The van der Waals surface area contributed by atoms with E-state index in [2.05, 4.69) is 37.2 Å². The average molecular weight is 364 g/mol. The fourth-order valence-corrected chi connectivity index (χ4v) is 2.64. The fraction of sp³-hybridized carbons (Fsp3) is 0.273. The zero-order chi connectivity index (χ0) is 13.0. The van der Waals surface area contributed by atoms with Crippen LogP contribution in [0.2, 0.25) is 0 Å². The minimum absolute atomic E-state index is 0.126.